The molecule has 2 aromatic heterocycles. The number of piperidine rings is 1. The van der Waals surface area contributed by atoms with Gasteiger partial charge >= 0.3 is 0 Å². The molecule has 0 radical (unpaired) electrons. The van der Waals surface area contributed by atoms with Crippen molar-refractivity contribution in [3.05, 3.63) is 65.3 Å². The molecule has 1 fully saturated rings. The molecule has 1 atom stereocenters. The third-order valence-electron chi connectivity index (χ3n) is 5.53. The first-order valence-corrected chi connectivity index (χ1v) is 11.5. The number of anilines is 2. The van der Waals surface area contributed by atoms with Gasteiger partial charge in [-0.05, 0) is 50.1 Å². The van der Waals surface area contributed by atoms with Crippen LogP contribution in [0.15, 0.2) is 54.6 Å². The number of rotatable bonds is 4. The number of benzene rings is 2. The standard InChI is InChI=1S/C23H22ClN5OS/c1-15-20-21(29(27-15)19-10-3-2-4-11-19)26-23(31-20)28-12-6-7-16(14-28)22(30)25-18-9-5-8-17(24)13-18/h2-5,8-11,13,16H,6-7,12,14H2,1H3,(H,25,30). The first-order chi connectivity index (χ1) is 15.1. The zero-order valence-electron chi connectivity index (χ0n) is 17.1. The number of hydrogen-bond donors (Lipinski definition) is 1. The van der Waals surface area contributed by atoms with Crippen LogP contribution < -0.4 is 10.2 Å². The van der Waals surface area contributed by atoms with E-state index < -0.39 is 0 Å². The first-order valence-electron chi connectivity index (χ1n) is 10.3. The molecular weight excluding hydrogens is 430 g/mol. The van der Waals surface area contributed by atoms with Gasteiger partial charge < -0.3 is 10.2 Å². The summed E-state index contributed by atoms with van der Waals surface area (Å²) < 4.78 is 2.99. The largest absolute Gasteiger partial charge is 0.347 e. The van der Waals surface area contributed by atoms with Crippen LogP contribution in [-0.4, -0.2) is 33.8 Å². The second kappa shape index (κ2) is 8.32. The van der Waals surface area contributed by atoms with Crippen LogP contribution in [-0.2, 0) is 4.79 Å². The number of nitrogens with one attached hydrogen (secondary N) is 1. The molecule has 0 bridgehead atoms. The van der Waals surface area contributed by atoms with Crippen LogP contribution in [0.4, 0.5) is 10.8 Å². The molecule has 158 valence electrons. The summed E-state index contributed by atoms with van der Waals surface area (Å²) in [5.74, 6) is -0.0637. The molecule has 3 heterocycles. The summed E-state index contributed by atoms with van der Waals surface area (Å²) in [6.45, 7) is 3.57. The van der Waals surface area contributed by atoms with E-state index in [-0.39, 0.29) is 11.8 Å². The smallest absolute Gasteiger partial charge is 0.229 e. The van der Waals surface area contributed by atoms with E-state index in [1.165, 1.54) is 0 Å². The normalized spacial score (nSPS) is 16.6. The Morgan fingerprint density at radius 2 is 2.03 bits per heavy atom. The van der Waals surface area contributed by atoms with Gasteiger partial charge in [0.1, 0.15) is 0 Å². The minimum absolute atomic E-state index is 0.0275. The van der Waals surface area contributed by atoms with Gasteiger partial charge in [0.05, 0.1) is 22.0 Å². The van der Waals surface area contributed by atoms with E-state index in [4.69, 9.17) is 16.6 Å². The number of carbonyl (C=O) groups excluding carboxylic acids is 1. The molecule has 6 nitrogen and oxygen atoms in total. The molecular formula is C23H22ClN5OS. The number of amides is 1. The maximum atomic E-state index is 12.9. The summed E-state index contributed by atoms with van der Waals surface area (Å²) in [5, 5.41) is 9.24. The predicted octanol–water partition coefficient (Wildman–Crippen LogP) is 5.30. The lowest BCUT2D eigenvalue weighted by Crippen LogP contribution is -2.40. The summed E-state index contributed by atoms with van der Waals surface area (Å²) >= 11 is 7.69. The molecule has 0 spiro atoms. The molecule has 1 saturated heterocycles. The van der Waals surface area contributed by atoms with Crippen molar-refractivity contribution in [3.63, 3.8) is 0 Å². The quantitative estimate of drug-likeness (QED) is 0.457. The molecule has 1 amide bonds. The molecule has 31 heavy (non-hydrogen) atoms. The van der Waals surface area contributed by atoms with Gasteiger partial charge in [0.15, 0.2) is 10.8 Å². The average molecular weight is 452 g/mol. The van der Waals surface area contributed by atoms with Crippen molar-refractivity contribution in [2.45, 2.75) is 19.8 Å². The lowest BCUT2D eigenvalue weighted by atomic mass is 9.97. The zero-order valence-corrected chi connectivity index (χ0v) is 18.7. The van der Waals surface area contributed by atoms with Crippen LogP contribution in [0.5, 0.6) is 0 Å². The summed E-state index contributed by atoms with van der Waals surface area (Å²) in [5.41, 5.74) is 3.56. The van der Waals surface area contributed by atoms with E-state index in [0.717, 1.165) is 51.9 Å². The number of halogens is 1. The fourth-order valence-corrected chi connectivity index (χ4v) is 5.19. The average Bonchev–Trinajstić information content (AvgIpc) is 3.35. The Balaban J connectivity index is 1.37. The van der Waals surface area contributed by atoms with Crippen LogP contribution in [0.1, 0.15) is 18.5 Å². The highest BCUT2D eigenvalue weighted by Gasteiger charge is 2.28. The second-order valence-corrected chi connectivity index (χ2v) is 9.18. The second-order valence-electron chi connectivity index (χ2n) is 7.77. The highest BCUT2D eigenvalue weighted by molar-refractivity contribution is 7.22. The molecule has 1 unspecified atom stereocenters. The van der Waals surface area contributed by atoms with Gasteiger partial charge in [-0.2, -0.15) is 10.1 Å². The van der Waals surface area contributed by atoms with Crippen LogP contribution in [0.2, 0.25) is 5.02 Å². The number of hydrogen-bond acceptors (Lipinski definition) is 5. The maximum absolute atomic E-state index is 12.9. The van der Waals surface area contributed by atoms with E-state index in [0.29, 0.717) is 11.6 Å². The summed E-state index contributed by atoms with van der Waals surface area (Å²) in [6, 6.07) is 17.3. The van der Waals surface area contributed by atoms with Crippen LogP contribution in [0.25, 0.3) is 16.0 Å². The van der Waals surface area contributed by atoms with Gasteiger partial charge in [-0.15, -0.1) is 0 Å². The molecule has 0 saturated carbocycles. The van der Waals surface area contributed by atoms with Gasteiger partial charge in [0.2, 0.25) is 5.91 Å². The maximum Gasteiger partial charge on any atom is 0.229 e. The van der Waals surface area contributed by atoms with Crippen molar-refractivity contribution in [2.24, 2.45) is 5.92 Å². The Bertz CT molecular complexity index is 1240. The number of thiazole rings is 1. The van der Waals surface area contributed by atoms with Gasteiger partial charge in [0, 0.05) is 23.8 Å². The van der Waals surface area contributed by atoms with Crippen LogP contribution in [0, 0.1) is 12.8 Å². The van der Waals surface area contributed by atoms with Crippen molar-refractivity contribution >= 4 is 50.0 Å². The third kappa shape index (κ3) is 4.03. The lowest BCUT2D eigenvalue weighted by molar-refractivity contribution is -0.120. The number of para-hydroxylation sites is 1. The molecule has 2 aromatic carbocycles. The van der Waals surface area contributed by atoms with E-state index in [1.54, 1.807) is 23.5 Å². The highest BCUT2D eigenvalue weighted by Crippen LogP contribution is 2.34. The minimum atomic E-state index is -0.0912. The van der Waals surface area contributed by atoms with Crippen LogP contribution >= 0.6 is 22.9 Å². The summed E-state index contributed by atoms with van der Waals surface area (Å²) in [4.78, 5) is 20.0. The Hall–Kier alpha value is -2.90. The Labute approximate surface area is 189 Å². The topological polar surface area (TPSA) is 63.1 Å². The molecule has 8 heteroatoms. The van der Waals surface area contributed by atoms with Crippen molar-refractivity contribution in [1.82, 2.24) is 14.8 Å². The Morgan fingerprint density at radius 3 is 2.84 bits per heavy atom. The van der Waals surface area contributed by atoms with Gasteiger partial charge in [-0.25, -0.2) is 4.68 Å². The zero-order chi connectivity index (χ0) is 21.4. The highest BCUT2D eigenvalue weighted by atomic mass is 35.5. The van der Waals surface area contributed by atoms with E-state index in [9.17, 15) is 4.79 Å². The third-order valence-corrected chi connectivity index (χ3v) is 6.98. The Morgan fingerprint density at radius 1 is 1.19 bits per heavy atom. The monoisotopic (exact) mass is 451 g/mol. The van der Waals surface area contributed by atoms with Gasteiger partial charge in [-0.3, -0.25) is 4.79 Å². The van der Waals surface area contributed by atoms with Crippen molar-refractivity contribution < 1.29 is 4.79 Å². The van der Waals surface area contributed by atoms with Gasteiger partial charge in [0.25, 0.3) is 0 Å². The van der Waals surface area contributed by atoms with E-state index in [2.05, 4.69) is 15.3 Å². The van der Waals surface area contributed by atoms with E-state index >= 15 is 0 Å². The Kier molecular flexibility index (Phi) is 5.38. The molecule has 0 aliphatic carbocycles. The van der Waals surface area contributed by atoms with Gasteiger partial charge in [-0.1, -0.05) is 47.2 Å². The minimum Gasteiger partial charge on any atom is -0.347 e. The molecule has 1 N–H and O–H groups in total. The molecule has 1 aliphatic rings. The lowest BCUT2D eigenvalue weighted by Gasteiger charge is -2.31. The number of fused-ring (bicyclic) bond motifs is 1. The number of aryl methyl sites for hydroxylation is 1. The summed E-state index contributed by atoms with van der Waals surface area (Å²) in [7, 11) is 0. The first kappa shape index (κ1) is 20.0. The van der Waals surface area contributed by atoms with Crippen molar-refractivity contribution in [2.75, 3.05) is 23.3 Å². The van der Waals surface area contributed by atoms with Crippen molar-refractivity contribution in [3.8, 4) is 5.69 Å². The number of aromatic nitrogens is 3. The van der Waals surface area contributed by atoms with E-state index in [1.807, 2.05) is 54.1 Å². The number of carbonyl (C=O) groups is 1. The fraction of sp³-hybridized carbons (Fsp3) is 0.261. The molecule has 1 aliphatic heterocycles. The SMILES string of the molecule is Cc1nn(-c2ccccc2)c2nc(N3CCCC(C(=O)Nc4cccc(Cl)c4)C3)sc12. The predicted molar refractivity (Wildman–Crippen MR) is 126 cm³/mol. The molecule has 4 aromatic rings. The van der Waals surface area contributed by atoms with Crippen LogP contribution in [0.3, 0.4) is 0 Å². The fourth-order valence-electron chi connectivity index (χ4n) is 3.98. The van der Waals surface area contributed by atoms with Crippen molar-refractivity contribution in [1.29, 1.82) is 0 Å². The summed E-state index contributed by atoms with van der Waals surface area (Å²) in [6.07, 6.45) is 1.82. The molecule has 5 rings (SSSR count). The number of nitrogens with zero attached hydrogens (tertiary/aromatic N) is 4.